The molecular formula is C13H18N2O3S. The molecule has 0 spiro atoms. The third-order valence-corrected chi connectivity index (χ3v) is 4.71. The van der Waals surface area contributed by atoms with Crippen molar-refractivity contribution in [3.63, 3.8) is 0 Å². The van der Waals surface area contributed by atoms with Gasteiger partial charge in [-0.3, -0.25) is 14.5 Å². The van der Waals surface area contributed by atoms with E-state index >= 15 is 0 Å². The lowest BCUT2D eigenvalue weighted by molar-refractivity contribution is -0.143. The molecule has 1 saturated heterocycles. The summed E-state index contributed by atoms with van der Waals surface area (Å²) in [6, 6.07) is 1.53. The van der Waals surface area contributed by atoms with Gasteiger partial charge in [0.05, 0.1) is 6.42 Å². The summed E-state index contributed by atoms with van der Waals surface area (Å²) in [6.07, 6.45) is -0.152. The molecule has 2 unspecified atom stereocenters. The number of hydrogen-bond donors (Lipinski definition) is 2. The van der Waals surface area contributed by atoms with Crippen molar-refractivity contribution in [2.75, 3.05) is 13.1 Å². The first-order chi connectivity index (χ1) is 9.00. The normalized spacial score (nSPS) is 22.0. The number of nitrogens with one attached hydrogen (secondary N) is 1. The second-order valence-corrected chi connectivity index (χ2v) is 5.73. The Hall–Kier alpha value is -1.40. The predicted octanol–water partition coefficient (Wildman–Crippen LogP) is 1.39. The van der Waals surface area contributed by atoms with Crippen LogP contribution in [0.4, 0.5) is 0 Å². The van der Waals surface area contributed by atoms with E-state index in [1.165, 1.54) is 10.4 Å². The number of aliphatic carboxylic acids is 1. The molecule has 1 aromatic heterocycles. The van der Waals surface area contributed by atoms with Gasteiger partial charge in [-0.05, 0) is 30.9 Å². The lowest BCUT2D eigenvalue weighted by Crippen LogP contribution is -2.56. The molecule has 2 atom stereocenters. The number of hydrogen-bond acceptors (Lipinski definition) is 4. The minimum atomic E-state index is -0.942. The number of carbonyl (C=O) groups is 2. The van der Waals surface area contributed by atoms with E-state index in [-0.39, 0.29) is 18.4 Å². The lowest BCUT2D eigenvalue weighted by Gasteiger charge is -2.38. The van der Waals surface area contributed by atoms with Crippen molar-refractivity contribution in [1.82, 2.24) is 10.2 Å². The molecule has 104 valence electrons. The van der Waals surface area contributed by atoms with Crippen molar-refractivity contribution in [3.8, 4) is 0 Å². The highest BCUT2D eigenvalue weighted by Gasteiger charge is 2.35. The Morgan fingerprint density at radius 1 is 1.68 bits per heavy atom. The summed E-state index contributed by atoms with van der Waals surface area (Å²) < 4.78 is 0. The summed E-state index contributed by atoms with van der Waals surface area (Å²) in [6.45, 7) is 5.33. The van der Waals surface area contributed by atoms with Crippen LogP contribution in [0.2, 0.25) is 0 Å². The average molecular weight is 282 g/mol. The van der Waals surface area contributed by atoms with E-state index in [4.69, 9.17) is 5.11 Å². The molecular weight excluding hydrogens is 264 g/mol. The fourth-order valence-corrected chi connectivity index (χ4v) is 3.54. The van der Waals surface area contributed by atoms with Crippen molar-refractivity contribution in [3.05, 3.63) is 21.9 Å². The van der Waals surface area contributed by atoms with Crippen LogP contribution in [0, 0.1) is 6.92 Å². The number of aryl methyl sites for hydroxylation is 1. The quantitative estimate of drug-likeness (QED) is 0.875. The molecule has 5 nitrogen and oxygen atoms in total. The van der Waals surface area contributed by atoms with Crippen LogP contribution in [0.25, 0.3) is 0 Å². The van der Waals surface area contributed by atoms with E-state index in [2.05, 4.69) is 5.32 Å². The van der Waals surface area contributed by atoms with Crippen molar-refractivity contribution >= 4 is 23.2 Å². The molecule has 1 aliphatic rings. The Balaban J connectivity index is 2.22. The van der Waals surface area contributed by atoms with E-state index in [0.717, 1.165) is 0 Å². The number of nitrogens with zero attached hydrogens (tertiary/aromatic N) is 1. The second kappa shape index (κ2) is 5.71. The lowest BCUT2D eigenvalue weighted by atomic mass is 10.0. The Morgan fingerprint density at radius 2 is 2.42 bits per heavy atom. The van der Waals surface area contributed by atoms with Gasteiger partial charge >= 0.3 is 5.97 Å². The molecule has 1 aromatic rings. The number of thiophene rings is 1. The molecule has 2 rings (SSSR count). The maximum Gasteiger partial charge on any atom is 0.305 e. The Labute approximate surface area is 116 Å². The van der Waals surface area contributed by atoms with Crippen LogP contribution in [0.5, 0.6) is 0 Å². The van der Waals surface area contributed by atoms with Gasteiger partial charge in [0.1, 0.15) is 6.04 Å². The van der Waals surface area contributed by atoms with Gasteiger partial charge in [-0.15, -0.1) is 11.3 Å². The third kappa shape index (κ3) is 2.96. The zero-order valence-corrected chi connectivity index (χ0v) is 11.9. The first-order valence-electron chi connectivity index (χ1n) is 6.30. The number of amides is 1. The van der Waals surface area contributed by atoms with E-state index in [1.54, 1.807) is 11.3 Å². The zero-order chi connectivity index (χ0) is 14.0. The summed E-state index contributed by atoms with van der Waals surface area (Å²) in [5.41, 5.74) is 1.19. The first kappa shape index (κ1) is 14.0. The molecule has 0 aliphatic carbocycles. The molecule has 0 radical (unpaired) electrons. The summed E-state index contributed by atoms with van der Waals surface area (Å²) >= 11 is 1.65. The third-order valence-electron chi connectivity index (χ3n) is 3.52. The summed E-state index contributed by atoms with van der Waals surface area (Å²) in [5, 5.41) is 13.7. The van der Waals surface area contributed by atoms with E-state index < -0.39 is 12.0 Å². The van der Waals surface area contributed by atoms with Gasteiger partial charge < -0.3 is 10.4 Å². The Bertz CT molecular complexity index is 486. The molecule has 0 saturated carbocycles. The standard InChI is InChI=1S/C13H18N2O3S/c1-8-3-6-19-12(8)9(2)15-5-4-14-13(18)10(15)7-11(16)17/h3,6,9-10H,4-5,7H2,1-2H3,(H,14,18)(H,16,17). The van der Waals surface area contributed by atoms with Crippen molar-refractivity contribution < 1.29 is 14.7 Å². The first-order valence-corrected chi connectivity index (χ1v) is 7.18. The summed E-state index contributed by atoms with van der Waals surface area (Å²) in [5.74, 6) is -1.13. The highest BCUT2D eigenvalue weighted by molar-refractivity contribution is 7.10. The molecule has 19 heavy (non-hydrogen) atoms. The molecule has 1 fully saturated rings. The van der Waals surface area contributed by atoms with Crippen LogP contribution >= 0.6 is 11.3 Å². The monoisotopic (exact) mass is 282 g/mol. The fourth-order valence-electron chi connectivity index (χ4n) is 2.53. The summed E-state index contributed by atoms with van der Waals surface area (Å²) in [4.78, 5) is 26.0. The van der Waals surface area contributed by atoms with Gasteiger partial charge in [0.25, 0.3) is 0 Å². The maximum atomic E-state index is 11.9. The Kier molecular flexibility index (Phi) is 4.21. The predicted molar refractivity (Wildman–Crippen MR) is 73.2 cm³/mol. The number of piperazine rings is 1. The number of carboxylic acids is 1. The zero-order valence-electron chi connectivity index (χ0n) is 11.0. The highest BCUT2D eigenvalue weighted by atomic mass is 32.1. The molecule has 0 aromatic carbocycles. The molecule has 6 heteroatoms. The largest absolute Gasteiger partial charge is 0.481 e. The SMILES string of the molecule is Cc1ccsc1C(C)N1CCNC(=O)C1CC(=O)O. The van der Waals surface area contributed by atoms with Crippen molar-refractivity contribution in [2.24, 2.45) is 0 Å². The molecule has 2 heterocycles. The number of carboxylic acid groups (broad SMARTS) is 1. The van der Waals surface area contributed by atoms with Crippen molar-refractivity contribution in [1.29, 1.82) is 0 Å². The van der Waals surface area contributed by atoms with Gasteiger partial charge in [0.2, 0.25) is 5.91 Å². The number of rotatable bonds is 4. The van der Waals surface area contributed by atoms with Crippen LogP contribution in [-0.2, 0) is 9.59 Å². The summed E-state index contributed by atoms with van der Waals surface area (Å²) in [7, 11) is 0. The van der Waals surface area contributed by atoms with Crippen LogP contribution in [-0.4, -0.2) is 41.0 Å². The smallest absolute Gasteiger partial charge is 0.305 e. The average Bonchev–Trinajstić information content (AvgIpc) is 2.77. The van der Waals surface area contributed by atoms with Gasteiger partial charge in [0.15, 0.2) is 0 Å². The van der Waals surface area contributed by atoms with Crippen LogP contribution in [0.3, 0.4) is 0 Å². The van der Waals surface area contributed by atoms with Crippen LogP contribution < -0.4 is 5.32 Å². The minimum absolute atomic E-state index is 0.0652. The topological polar surface area (TPSA) is 69.6 Å². The molecule has 1 amide bonds. The maximum absolute atomic E-state index is 11.9. The van der Waals surface area contributed by atoms with Gasteiger partial charge in [-0.25, -0.2) is 0 Å². The Morgan fingerprint density at radius 3 is 3.00 bits per heavy atom. The highest BCUT2D eigenvalue weighted by Crippen LogP contribution is 2.31. The van der Waals surface area contributed by atoms with Gasteiger partial charge in [0, 0.05) is 24.0 Å². The fraction of sp³-hybridized carbons (Fsp3) is 0.538. The van der Waals surface area contributed by atoms with E-state index in [1.807, 2.05) is 30.2 Å². The van der Waals surface area contributed by atoms with E-state index in [9.17, 15) is 9.59 Å². The van der Waals surface area contributed by atoms with Gasteiger partial charge in [-0.2, -0.15) is 0 Å². The minimum Gasteiger partial charge on any atom is -0.481 e. The second-order valence-electron chi connectivity index (χ2n) is 4.79. The van der Waals surface area contributed by atoms with Crippen molar-refractivity contribution in [2.45, 2.75) is 32.4 Å². The van der Waals surface area contributed by atoms with Crippen LogP contribution in [0.1, 0.15) is 29.8 Å². The molecule has 1 aliphatic heterocycles. The van der Waals surface area contributed by atoms with Gasteiger partial charge in [-0.1, -0.05) is 0 Å². The molecule has 2 N–H and O–H groups in total. The molecule has 0 bridgehead atoms. The van der Waals surface area contributed by atoms with E-state index in [0.29, 0.717) is 13.1 Å². The number of carbonyl (C=O) groups excluding carboxylic acids is 1. The van der Waals surface area contributed by atoms with Crippen LogP contribution in [0.15, 0.2) is 11.4 Å².